The number of nitrogens with zero attached hydrogens (tertiary/aromatic N) is 2. The second-order valence-electron chi connectivity index (χ2n) is 8.96. The fraction of sp³-hybridized carbons (Fsp3) is 0.333. The Kier molecular flexibility index (Phi) is 7.41. The molecule has 1 aromatic heterocycles. The quantitative estimate of drug-likeness (QED) is 0.489. The first kappa shape index (κ1) is 24.3. The summed E-state index contributed by atoms with van der Waals surface area (Å²) in [7, 11) is 1.66. The van der Waals surface area contributed by atoms with Crippen LogP contribution in [0.1, 0.15) is 42.5 Å². The van der Waals surface area contributed by atoms with Gasteiger partial charge in [0, 0.05) is 5.56 Å². The molecular weight excluding hydrogens is 442 g/mol. The molecule has 8 heteroatoms. The number of rotatable bonds is 7. The van der Waals surface area contributed by atoms with Crippen molar-refractivity contribution in [3.05, 3.63) is 81.8 Å². The molecule has 0 fully saturated rings. The number of nitrogens with one attached hydrogen (secondary N) is 3. The number of aryl methyl sites for hydroxylation is 2. The largest absolute Gasteiger partial charge is 0.348 e. The maximum atomic E-state index is 13.4. The lowest BCUT2D eigenvalue weighted by atomic mass is 9.88. The summed E-state index contributed by atoms with van der Waals surface area (Å²) in [4.78, 5) is 43.4. The van der Waals surface area contributed by atoms with Crippen LogP contribution in [-0.4, -0.2) is 34.5 Å². The molecule has 1 aliphatic carbocycles. The van der Waals surface area contributed by atoms with Crippen LogP contribution in [0, 0.1) is 6.92 Å². The molecule has 0 radical (unpaired) electrons. The van der Waals surface area contributed by atoms with Gasteiger partial charge in [0.25, 0.3) is 5.56 Å². The highest BCUT2D eigenvalue weighted by Crippen LogP contribution is 2.29. The normalized spacial score (nSPS) is 15.7. The fourth-order valence-corrected chi connectivity index (χ4v) is 4.32. The van der Waals surface area contributed by atoms with Crippen LogP contribution in [0.3, 0.4) is 0 Å². The highest BCUT2D eigenvalue weighted by atomic mass is 16.2. The third-order valence-electron chi connectivity index (χ3n) is 6.45. The molecule has 1 heterocycles. The number of fused-ring (bicyclic) bond motifs is 1. The van der Waals surface area contributed by atoms with Gasteiger partial charge in [-0.1, -0.05) is 54.1 Å². The molecule has 0 unspecified atom stereocenters. The topological polar surface area (TPSA) is 105 Å². The maximum absolute atomic E-state index is 13.4. The van der Waals surface area contributed by atoms with Gasteiger partial charge in [-0.15, -0.1) is 0 Å². The lowest BCUT2D eigenvalue weighted by Crippen LogP contribution is -2.40. The Hall–Kier alpha value is -3.78. The van der Waals surface area contributed by atoms with Gasteiger partial charge in [-0.3, -0.25) is 19.0 Å². The zero-order valence-corrected chi connectivity index (χ0v) is 20.3. The summed E-state index contributed by atoms with van der Waals surface area (Å²) in [5, 5.41) is 8.57. The van der Waals surface area contributed by atoms with Crippen LogP contribution in [0.5, 0.6) is 0 Å². The predicted octanol–water partition coefficient (Wildman–Crippen LogP) is 2.96. The summed E-state index contributed by atoms with van der Waals surface area (Å²) in [6.07, 6.45) is 4.18. The summed E-state index contributed by atoms with van der Waals surface area (Å²) < 4.78 is 1.33. The van der Waals surface area contributed by atoms with Crippen molar-refractivity contribution in [2.24, 2.45) is 0 Å². The molecule has 2 aromatic carbocycles. The Morgan fingerprint density at radius 3 is 2.63 bits per heavy atom. The smallest absolute Gasteiger partial charge is 0.278 e. The number of hydrogen-bond acceptors (Lipinski definition) is 5. The molecule has 3 aromatic rings. The van der Waals surface area contributed by atoms with Crippen molar-refractivity contribution in [2.45, 2.75) is 51.7 Å². The SMILES string of the molecule is CN[C@@H](C)C(=O)Nc1cnc(-c2ccc(C)cc2)n(CC(=O)N[C@@H]2CCCc3ccccc32)c1=O. The van der Waals surface area contributed by atoms with Crippen LogP contribution in [0.4, 0.5) is 5.69 Å². The lowest BCUT2D eigenvalue weighted by molar-refractivity contribution is -0.122. The summed E-state index contributed by atoms with van der Waals surface area (Å²) in [5.41, 5.74) is 3.70. The van der Waals surface area contributed by atoms with E-state index >= 15 is 0 Å². The van der Waals surface area contributed by atoms with E-state index < -0.39 is 11.6 Å². The van der Waals surface area contributed by atoms with E-state index in [4.69, 9.17) is 0 Å². The van der Waals surface area contributed by atoms with E-state index in [1.54, 1.807) is 14.0 Å². The first-order chi connectivity index (χ1) is 16.9. The van der Waals surface area contributed by atoms with Crippen LogP contribution in [0.2, 0.25) is 0 Å². The maximum Gasteiger partial charge on any atom is 0.278 e. The fourth-order valence-electron chi connectivity index (χ4n) is 4.32. The molecule has 8 nitrogen and oxygen atoms in total. The minimum absolute atomic E-state index is 0.0313. The van der Waals surface area contributed by atoms with E-state index in [-0.39, 0.29) is 30.1 Å². The van der Waals surface area contributed by atoms with Gasteiger partial charge in [-0.05, 0) is 51.3 Å². The van der Waals surface area contributed by atoms with Gasteiger partial charge in [0.2, 0.25) is 11.8 Å². The zero-order chi connectivity index (χ0) is 24.9. The van der Waals surface area contributed by atoms with Crippen molar-refractivity contribution >= 4 is 17.5 Å². The minimum Gasteiger partial charge on any atom is -0.348 e. The van der Waals surface area contributed by atoms with Crippen molar-refractivity contribution in [2.75, 3.05) is 12.4 Å². The third-order valence-corrected chi connectivity index (χ3v) is 6.45. The van der Waals surface area contributed by atoms with Crippen LogP contribution in [0.25, 0.3) is 11.4 Å². The number of likely N-dealkylation sites (N-methyl/N-ethyl adjacent to an activating group) is 1. The second kappa shape index (κ2) is 10.7. The monoisotopic (exact) mass is 473 g/mol. The van der Waals surface area contributed by atoms with Gasteiger partial charge in [0.1, 0.15) is 18.1 Å². The molecule has 0 spiro atoms. The third kappa shape index (κ3) is 5.49. The van der Waals surface area contributed by atoms with Gasteiger partial charge in [0.05, 0.1) is 18.3 Å². The average Bonchev–Trinajstić information content (AvgIpc) is 2.87. The van der Waals surface area contributed by atoms with Gasteiger partial charge >= 0.3 is 0 Å². The van der Waals surface area contributed by atoms with Crippen molar-refractivity contribution in [3.63, 3.8) is 0 Å². The molecule has 1 aliphatic rings. The van der Waals surface area contributed by atoms with Gasteiger partial charge < -0.3 is 16.0 Å². The van der Waals surface area contributed by atoms with Crippen molar-refractivity contribution in [3.8, 4) is 11.4 Å². The molecule has 182 valence electrons. The number of carbonyl (C=O) groups excluding carboxylic acids is 2. The van der Waals surface area contributed by atoms with Gasteiger partial charge in [0.15, 0.2) is 0 Å². The molecule has 0 bridgehead atoms. The summed E-state index contributed by atoms with van der Waals surface area (Å²) in [6.45, 7) is 3.46. The molecule has 35 heavy (non-hydrogen) atoms. The van der Waals surface area contributed by atoms with Gasteiger partial charge in [-0.25, -0.2) is 4.98 Å². The first-order valence-electron chi connectivity index (χ1n) is 11.9. The Bertz CT molecular complexity index is 1280. The second-order valence-corrected chi connectivity index (χ2v) is 8.96. The van der Waals surface area contributed by atoms with Crippen molar-refractivity contribution < 1.29 is 9.59 Å². The van der Waals surface area contributed by atoms with E-state index in [0.29, 0.717) is 11.4 Å². The van der Waals surface area contributed by atoms with Gasteiger partial charge in [-0.2, -0.15) is 0 Å². The van der Waals surface area contributed by atoms with Crippen LogP contribution in [0.15, 0.2) is 59.5 Å². The number of aromatic nitrogens is 2. The number of amides is 2. The van der Waals surface area contributed by atoms with E-state index in [2.05, 4.69) is 27.0 Å². The number of carbonyl (C=O) groups is 2. The number of hydrogen-bond donors (Lipinski definition) is 3. The van der Waals surface area contributed by atoms with Crippen LogP contribution >= 0.6 is 0 Å². The molecule has 3 N–H and O–H groups in total. The number of anilines is 1. The average molecular weight is 474 g/mol. The molecule has 0 saturated heterocycles. The standard InChI is InChI=1S/C27H31N5O3/c1-17-11-13-20(14-12-17)25-29-15-23(31-26(34)18(2)28-3)27(35)32(25)16-24(33)30-22-10-6-8-19-7-4-5-9-21(19)22/h4-5,7,9,11-15,18,22,28H,6,8,10,16H2,1-3H3,(H,30,33)(H,31,34)/t18-,22+/m0/s1. The van der Waals surface area contributed by atoms with E-state index in [1.165, 1.54) is 16.3 Å². The molecule has 0 aliphatic heterocycles. The molecule has 4 rings (SSSR count). The number of benzene rings is 2. The van der Waals surface area contributed by atoms with Crippen LogP contribution < -0.4 is 21.5 Å². The Morgan fingerprint density at radius 2 is 1.89 bits per heavy atom. The van der Waals surface area contributed by atoms with Crippen molar-refractivity contribution in [1.29, 1.82) is 0 Å². The highest BCUT2D eigenvalue weighted by molar-refractivity contribution is 5.94. The first-order valence-corrected chi connectivity index (χ1v) is 11.9. The Labute approximate surface area is 204 Å². The summed E-state index contributed by atoms with van der Waals surface area (Å²) in [6, 6.07) is 15.1. The molecule has 2 atom stereocenters. The highest BCUT2D eigenvalue weighted by Gasteiger charge is 2.23. The molecule has 2 amide bonds. The Balaban J connectivity index is 1.65. The molecule has 0 saturated carbocycles. The predicted molar refractivity (Wildman–Crippen MR) is 136 cm³/mol. The van der Waals surface area contributed by atoms with E-state index in [0.717, 1.165) is 30.4 Å². The zero-order valence-electron chi connectivity index (χ0n) is 20.3. The van der Waals surface area contributed by atoms with E-state index in [9.17, 15) is 14.4 Å². The van der Waals surface area contributed by atoms with Crippen molar-refractivity contribution in [1.82, 2.24) is 20.2 Å². The summed E-state index contributed by atoms with van der Waals surface area (Å²) >= 11 is 0. The minimum atomic E-state index is -0.491. The van der Waals surface area contributed by atoms with E-state index in [1.807, 2.05) is 49.4 Å². The Morgan fingerprint density at radius 1 is 1.14 bits per heavy atom. The lowest BCUT2D eigenvalue weighted by Gasteiger charge is -2.26. The summed E-state index contributed by atoms with van der Waals surface area (Å²) in [5.74, 6) is -0.269. The molecular formula is C27H31N5O3. The van der Waals surface area contributed by atoms with Crippen LogP contribution in [-0.2, 0) is 22.6 Å².